The van der Waals surface area contributed by atoms with Crippen molar-refractivity contribution >= 4 is 29.0 Å². The van der Waals surface area contributed by atoms with Gasteiger partial charge in [0.15, 0.2) is 11.6 Å². The molecule has 6 nitrogen and oxygen atoms in total. The molecule has 1 aromatic carbocycles. The van der Waals surface area contributed by atoms with E-state index in [2.05, 4.69) is 10.3 Å². The van der Waals surface area contributed by atoms with E-state index < -0.39 is 41.3 Å². The molecule has 1 N–H and O–H groups in total. The van der Waals surface area contributed by atoms with Crippen LogP contribution in [0.2, 0.25) is 0 Å². The van der Waals surface area contributed by atoms with E-state index in [9.17, 15) is 18.4 Å². The smallest absolute Gasteiger partial charge is 0.408 e. The Balaban J connectivity index is 2.09. The largest absolute Gasteiger partial charge is 0.466 e. The van der Waals surface area contributed by atoms with Crippen molar-refractivity contribution in [2.75, 3.05) is 7.11 Å². The highest BCUT2D eigenvalue weighted by atomic mass is 32.1. The maximum absolute atomic E-state index is 14.7. The Labute approximate surface area is 183 Å². The fourth-order valence-corrected chi connectivity index (χ4v) is 4.52. The lowest BCUT2D eigenvalue weighted by Crippen LogP contribution is -2.37. The number of hydrogen-bond acceptors (Lipinski definition) is 6. The van der Waals surface area contributed by atoms with Crippen LogP contribution in [0.25, 0.3) is 5.57 Å². The predicted molar refractivity (Wildman–Crippen MR) is 113 cm³/mol. The molecule has 1 aromatic heterocycles. The van der Waals surface area contributed by atoms with Gasteiger partial charge in [0.05, 0.1) is 29.2 Å². The number of methoxy groups -OCH3 is 1. The second kappa shape index (κ2) is 9.13. The van der Waals surface area contributed by atoms with Crippen LogP contribution in [0.3, 0.4) is 0 Å². The summed E-state index contributed by atoms with van der Waals surface area (Å²) >= 11 is 1.26. The number of alkyl carbamates (subject to hydrolysis) is 1. The van der Waals surface area contributed by atoms with Gasteiger partial charge in [0.25, 0.3) is 0 Å². The standard InChI is InChI=1S/C22H24F2N2O4S/c1-22(2,3)30-21(28)26-19-14(13-6-5-7-15(23)17(13)24)9-8-12(10-16(27)29-4)18-20(19)31-11-25-18/h5-7,10-11,14,19H,8-9H2,1-4H3,(H,26,28)/b12-10+/t14-,19-/m0/s1. The molecular formula is C22H24F2N2O4S. The Morgan fingerprint density at radius 3 is 2.71 bits per heavy atom. The topological polar surface area (TPSA) is 77.5 Å². The molecule has 31 heavy (non-hydrogen) atoms. The van der Waals surface area contributed by atoms with Gasteiger partial charge in [0.1, 0.15) is 5.60 Å². The average molecular weight is 451 g/mol. The molecule has 9 heteroatoms. The lowest BCUT2D eigenvalue weighted by molar-refractivity contribution is -0.134. The van der Waals surface area contributed by atoms with E-state index in [1.807, 2.05) is 0 Å². The minimum Gasteiger partial charge on any atom is -0.466 e. The number of aromatic nitrogens is 1. The van der Waals surface area contributed by atoms with Crippen molar-refractivity contribution in [3.05, 3.63) is 57.6 Å². The number of benzene rings is 1. The number of fused-ring (bicyclic) bond motifs is 1. The maximum Gasteiger partial charge on any atom is 0.408 e. The molecule has 0 bridgehead atoms. The van der Waals surface area contributed by atoms with Crippen LogP contribution in [0.4, 0.5) is 13.6 Å². The number of halogens is 2. The lowest BCUT2D eigenvalue weighted by atomic mass is 9.87. The molecule has 3 rings (SSSR count). The third kappa shape index (κ3) is 5.28. The molecule has 1 aliphatic rings. The molecule has 0 spiro atoms. The molecule has 0 fully saturated rings. The van der Waals surface area contributed by atoms with E-state index in [1.165, 1.54) is 36.7 Å². The number of carbonyl (C=O) groups excluding carboxylic acids is 2. The summed E-state index contributed by atoms with van der Waals surface area (Å²) in [4.78, 5) is 29.5. The zero-order valence-corrected chi connectivity index (χ0v) is 18.5. The molecule has 0 unspecified atom stereocenters. The summed E-state index contributed by atoms with van der Waals surface area (Å²) in [6.45, 7) is 5.20. The molecule has 0 saturated heterocycles. The van der Waals surface area contributed by atoms with Crippen LogP contribution in [0.1, 0.15) is 61.7 Å². The molecule has 166 valence electrons. The number of thiazole rings is 1. The van der Waals surface area contributed by atoms with Gasteiger partial charge in [-0.25, -0.2) is 23.4 Å². The summed E-state index contributed by atoms with van der Waals surface area (Å²) in [6, 6.07) is 3.26. The molecule has 2 aromatic rings. The zero-order chi connectivity index (χ0) is 22.8. The molecule has 0 radical (unpaired) electrons. The molecule has 1 amide bonds. The number of allylic oxidation sites excluding steroid dienone is 1. The van der Waals surface area contributed by atoms with Gasteiger partial charge < -0.3 is 14.8 Å². The van der Waals surface area contributed by atoms with Crippen molar-refractivity contribution in [1.29, 1.82) is 0 Å². The number of ether oxygens (including phenoxy) is 2. The van der Waals surface area contributed by atoms with Crippen LogP contribution in [-0.2, 0) is 14.3 Å². The van der Waals surface area contributed by atoms with Crippen LogP contribution in [0, 0.1) is 11.6 Å². The summed E-state index contributed by atoms with van der Waals surface area (Å²) in [5, 5.41) is 2.82. The third-order valence-electron chi connectivity index (χ3n) is 4.85. The Hall–Kier alpha value is -2.81. The number of rotatable bonds is 3. The van der Waals surface area contributed by atoms with Crippen molar-refractivity contribution in [3.63, 3.8) is 0 Å². The SMILES string of the molecule is COC(=O)/C=C1\CC[C@@H](c2cccc(F)c2F)[C@H](NC(=O)OC(C)(C)C)c2scnc21. The van der Waals surface area contributed by atoms with Gasteiger partial charge in [-0.15, -0.1) is 11.3 Å². The molecular weight excluding hydrogens is 426 g/mol. The van der Waals surface area contributed by atoms with Crippen molar-refractivity contribution in [2.45, 2.75) is 51.2 Å². The van der Waals surface area contributed by atoms with Crippen LogP contribution in [-0.4, -0.2) is 29.8 Å². The number of carbonyl (C=O) groups is 2. The second-order valence-corrected chi connectivity index (χ2v) is 9.06. The normalized spacial score (nSPS) is 20.0. The van der Waals surface area contributed by atoms with Crippen LogP contribution in [0.5, 0.6) is 0 Å². The molecule has 1 aliphatic carbocycles. The Morgan fingerprint density at radius 1 is 1.29 bits per heavy atom. The van der Waals surface area contributed by atoms with Crippen molar-refractivity contribution in [1.82, 2.24) is 10.3 Å². The van der Waals surface area contributed by atoms with E-state index >= 15 is 0 Å². The van der Waals surface area contributed by atoms with Crippen LogP contribution < -0.4 is 5.32 Å². The monoisotopic (exact) mass is 450 g/mol. The number of amides is 1. The van der Waals surface area contributed by atoms with Gasteiger partial charge in [-0.05, 0) is 50.8 Å². The van der Waals surface area contributed by atoms with Gasteiger partial charge in [0, 0.05) is 12.0 Å². The fourth-order valence-electron chi connectivity index (χ4n) is 3.58. The summed E-state index contributed by atoms with van der Waals surface area (Å²) < 4.78 is 38.9. The summed E-state index contributed by atoms with van der Waals surface area (Å²) in [6.07, 6.45) is 1.36. The summed E-state index contributed by atoms with van der Waals surface area (Å²) in [5.41, 5.74) is 2.12. The highest BCUT2D eigenvalue weighted by molar-refractivity contribution is 7.10. The highest BCUT2D eigenvalue weighted by Crippen LogP contribution is 2.45. The third-order valence-corrected chi connectivity index (χ3v) is 5.77. The first-order valence-corrected chi connectivity index (χ1v) is 10.6. The molecule has 1 heterocycles. The Bertz CT molecular complexity index is 1010. The quantitative estimate of drug-likeness (QED) is 0.399. The second-order valence-electron chi connectivity index (χ2n) is 8.17. The maximum atomic E-state index is 14.7. The minimum atomic E-state index is -0.965. The zero-order valence-electron chi connectivity index (χ0n) is 17.7. The van der Waals surface area contributed by atoms with Gasteiger partial charge in [-0.1, -0.05) is 12.1 Å². The van der Waals surface area contributed by atoms with E-state index in [-0.39, 0.29) is 5.56 Å². The highest BCUT2D eigenvalue weighted by Gasteiger charge is 2.36. The van der Waals surface area contributed by atoms with E-state index in [1.54, 1.807) is 26.3 Å². The first kappa shape index (κ1) is 22.9. The molecule has 2 atom stereocenters. The van der Waals surface area contributed by atoms with E-state index in [4.69, 9.17) is 9.47 Å². The number of nitrogens with zero attached hydrogens (tertiary/aromatic N) is 1. The predicted octanol–water partition coefficient (Wildman–Crippen LogP) is 5.12. The Morgan fingerprint density at radius 2 is 2.03 bits per heavy atom. The van der Waals surface area contributed by atoms with Crippen molar-refractivity contribution < 1.29 is 27.8 Å². The van der Waals surface area contributed by atoms with E-state index in [0.717, 1.165) is 6.07 Å². The molecule has 0 aliphatic heterocycles. The summed E-state index contributed by atoms with van der Waals surface area (Å²) in [5.74, 6) is -3.07. The fraction of sp³-hybridized carbons (Fsp3) is 0.409. The Kier molecular flexibility index (Phi) is 6.74. The van der Waals surface area contributed by atoms with Gasteiger partial charge in [0.2, 0.25) is 0 Å². The van der Waals surface area contributed by atoms with Gasteiger partial charge in [-0.2, -0.15) is 0 Å². The van der Waals surface area contributed by atoms with Crippen LogP contribution in [0.15, 0.2) is 29.8 Å². The first-order chi connectivity index (χ1) is 14.6. The number of nitrogens with one attached hydrogen (secondary N) is 1. The minimum absolute atomic E-state index is 0.139. The lowest BCUT2D eigenvalue weighted by Gasteiger charge is -2.28. The van der Waals surface area contributed by atoms with Gasteiger partial charge >= 0.3 is 12.1 Å². The van der Waals surface area contributed by atoms with Crippen LogP contribution >= 0.6 is 11.3 Å². The average Bonchev–Trinajstić information content (AvgIpc) is 3.12. The summed E-state index contributed by atoms with van der Waals surface area (Å²) in [7, 11) is 1.27. The van der Waals surface area contributed by atoms with E-state index in [0.29, 0.717) is 29.0 Å². The van der Waals surface area contributed by atoms with Crippen molar-refractivity contribution in [3.8, 4) is 0 Å². The molecule has 0 saturated carbocycles. The number of esters is 1. The van der Waals surface area contributed by atoms with Gasteiger partial charge in [-0.3, -0.25) is 0 Å². The number of hydrogen-bond donors (Lipinski definition) is 1. The van der Waals surface area contributed by atoms with Crippen molar-refractivity contribution in [2.24, 2.45) is 0 Å². The first-order valence-electron chi connectivity index (χ1n) is 9.76.